The lowest BCUT2D eigenvalue weighted by molar-refractivity contribution is 0.459. The Morgan fingerprint density at radius 2 is 1.95 bits per heavy atom. The van der Waals surface area contributed by atoms with Crippen molar-refractivity contribution in [3.63, 3.8) is 0 Å². The highest BCUT2D eigenvalue weighted by Crippen LogP contribution is 2.20. The van der Waals surface area contributed by atoms with Gasteiger partial charge in [0, 0.05) is 31.4 Å². The molecule has 1 aromatic carbocycles. The molecule has 2 aromatic rings. The Kier molecular flexibility index (Phi) is 4.71. The van der Waals surface area contributed by atoms with Gasteiger partial charge in [-0.15, -0.1) is 0 Å². The van der Waals surface area contributed by atoms with E-state index in [1.807, 2.05) is 17.9 Å². The van der Waals surface area contributed by atoms with Gasteiger partial charge in [-0.25, -0.2) is 0 Å². The fraction of sp³-hybridized carbons (Fsp3) is 0.500. The fourth-order valence-electron chi connectivity index (χ4n) is 3.24. The summed E-state index contributed by atoms with van der Waals surface area (Å²) in [6, 6.07) is 11.6. The summed E-state index contributed by atoms with van der Waals surface area (Å²) in [5.74, 6) is 0. The van der Waals surface area contributed by atoms with Crippen molar-refractivity contribution < 1.29 is 0 Å². The largest absolute Gasteiger partial charge is 0.310 e. The number of rotatable bonds is 4. The first-order chi connectivity index (χ1) is 10.3. The zero-order chi connectivity index (χ0) is 14.5. The zero-order valence-corrected chi connectivity index (χ0v) is 12.9. The van der Waals surface area contributed by atoms with Crippen molar-refractivity contribution in [2.24, 2.45) is 7.05 Å². The molecule has 0 amide bonds. The molecule has 0 radical (unpaired) electrons. The van der Waals surface area contributed by atoms with Gasteiger partial charge in [-0.2, -0.15) is 5.10 Å². The second kappa shape index (κ2) is 6.90. The van der Waals surface area contributed by atoms with E-state index in [-0.39, 0.29) is 0 Å². The molecule has 1 aliphatic carbocycles. The van der Waals surface area contributed by atoms with Crippen molar-refractivity contribution >= 4 is 0 Å². The van der Waals surface area contributed by atoms with Gasteiger partial charge in [-0.05, 0) is 30.5 Å². The molecule has 1 aromatic heterocycles. The lowest BCUT2D eigenvalue weighted by Crippen LogP contribution is -2.27. The van der Waals surface area contributed by atoms with E-state index in [9.17, 15) is 0 Å². The van der Waals surface area contributed by atoms with Gasteiger partial charge >= 0.3 is 0 Å². The summed E-state index contributed by atoms with van der Waals surface area (Å²) in [4.78, 5) is 0. The Labute approximate surface area is 127 Å². The van der Waals surface area contributed by atoms with Gasteiger partial charge in [0.15, 0.2) is 0 Å². The number of hydrogen-bond donors (Lipinski definition) is 1. The first kappa shape index (κ1) is 14.3. The molecule has 0 aliphatic heterocycles. The molecule has 3 nitrogen and oxygen atoms in total. The molecule has 1 saturated carbocycles. The summed E-state index contributed by atoms with van der Waals surface area (Å²) in [6.07, 6.45) is 10.1. The summed E-state index contributed by atoms with van der Waals surface area (Å²) in [7, 11) is 1.99. The molecule has 0 saturated heterocycles. The van der Waals surface area contributed by atoms with Crippen LogP contribution < -0.4 is 5.32 Å². The van der Waals surface area contributed by atoms with Crippen molar-refractivity contribution in [1.82, 2.24) is 15.1 Å². The summed E-state index contributed by atoms with van der Waals surface area (Å²) < 4.78 is 1.93. The van der Waals surface area contributed by atoms with Crippen molar-refractivity contribution in [2.75, 3.05) is 0 Å². The third-order valence-electron chi connectivity index (χ3n) is 4.49. The minimum Gasteiger partial charge on any atom is -0.310 e. The first-order valence-electron chi connectivity index (χ1n) is 8.13. The van der Waals surface area contributed by atoms with Crippen molar-refractivity contribution in [3.05, 3.63) is 42.1 Å². The SMILES string of the molecule is Cn1nccc1-c1cccc(CNC2CCCCCC2)c1. The van der Waals surface area contributed by atoms with Crippen LogP contribution in [-0.4, -0.2) is 15.8 Å². The van der Waals surface area contributed by atoms with Crippen LogP contribution in [-0.2, 0) is 13.6 Å². The maximum atomic E-state index is 4.25. The Bertz CT molecular complexity index is 565. The number of hydrogen-bond acceptors (Lipinski definition) is 2. The third-order valence-corrected chi connectivity index (χ3v) is 4.49. The van der Waals surface area contributed by atoms with Gasteiger partial charge in [0.2, 0.25) is 0 Å². The highest BCUT2D eigenvalue weighted by atomic mass is 15.3. The van der Waals surface area contributed by atoms with Gasteiger partial charge in [0.05, 0.1) is 5.69 Å². The summed E-state index contributed by atoms with van der Waals surface area (Å²) in [5, 5.41) is 8.00. The molecule has 0 unspecified atom stereocenters. The molecule has 1 aliphatic rings. The molecule has 3 rings (SSSR count). The molecular formula is C18H25N3. The Balaban J connectivity index is 1.65. The van der Waals surface area contributed by atoms with Crippen LogP contribution in [0.15, 0.2) is 36.5 Å². The quantitative estimate of drug-likeness (QED) is 0.862. The van der Waals surface area contributed by atoms with Crippen LogP contribution in [0.2, 0.25) is 0 Å². The van der Waals surface area contributed by atoms with E-state index in [4.69, 9.17) is 0 Å². The maximum absolute atomic E-state index is 4.25. The molecule has 3 heteroatoms. The van der Waals surface area contributed by atoms with Crippen molar-refractivity contribution in [2.45, 2.75) is 51.1 Å². The van der Waals surface area contributed by atoms with Crippen LogP contribution in [0.3, 0.4) is 0 Å². The summed E-state index contributed by atoms with van der Waals surface area (Å²) in [6.45, 7) is 0.969. The number of benzene rings is 1. The van der Waals surface area contributed by atoms with Gasteiger partial charge in [-0.1, -0.05) is 43.9 Å². The Morgan fingerprint density at radius 1 is 1.14 bits per heavy atom. The molecule has 0 atom stereocenters. The molecule has 0 spiro atoms. The number of aromatic nitrogens is 2. The number of nitrogens with zero attached hydrogens (tertiary/aromatic N) is 2. The Hall–Kier alpha value is -1.61. The fourth-order valence-corrected chi connectivity index (χ4v) is 3.24. The molecule has 1 fully saturated rings. The highest BCUT2D eigenvalue weighted by Gasteiger charge is 2.11. The number of nitrogens with one attached hydrogen (secondary N) is 1. The molecule has 0 bridgehead atoms. The van der Waals surface area contributed by atoms with E-state index in [2.05, 4.69) is 40.7 Å². The van der Waals surface area contributed by atoms with E-state index >= 15 is 0 Å². The molecule has 21 heavy (non-hydrogen) atoms. The van der Waals surface area contributed by atoms with E-state index < -0.39 is 0 Å². The predicted molar refractivity (Wildman–Crippen MR) is 87.0 cm³/mol. The number of aryl methyl sites for hydroxylation is 1. The normalized spacial score (nSPS) is 16.8. The smallest absolute Gasteiger partial charge is 0.0678 e. The molecule has 1 N–H and O–H groups in total. The van der Waals surface area contributed by atoms with Gasteiger partial charge in [-0.3, -0.25) is 4.68 Å². The minimum atomic E-state index is 0.702. The topological polar surface area (TPSA) is 29.9 Å². The lowest BCUT2D eigenvalue weighted by Gasteiger charge is -2.16. The predicted octanol–water partition coefficient (Wildman–Crippen LogP) is 3.90. The maximum Gasteiger partial charge on any atom is 0.0678 e. The monoisotopic (exact) mass is 283 g/mol. The van der Waals surface area contributed by atoms with Crippen LogP contribution >= 0.6 is 0 Å². The standard InChI is InChI=1S/C18H25N3/c1-21-18(11-12-20-21)16-8-6-7-15(13-16)14-19-17-9-4-2-3-5-10-17/h6-8,11-13,17,19H,2-5,9-10,14H2,1H3. The highest BCUT2D eigenvalue weighted by molar-refractivity contribution is 5.60. The second-order valence-corrected chi connectivity index (χ2v) is 6.11. The van der Waals surface area contributed by atoms with Crippen LogP contribution in [0.25, 0.3) is 11.3 Å². The molecular weight excluding hydrogens is 258 g/mol. The van der Waals surface area contributed by atoms with Crippen molar-refractivity contribution in [1.29, 1.82) is 0 Å². The Morgan fingerprint density at radius 3 is 2.67 bits per heavy atom. The summed E-state index contributed by atoms with van der Waals surface area (Å²) >= 11 is 0. The lowest BCUT2D eigenvalue weighted by atomic mass is 10.1. The zero-order valence-electron chi connectivity index (χ0n) is 12.9. The molecule has 1 heterocycles. The first-order valence-corrected chi connectivity index (χ1v) is 8.13. The summed E-state index contributed by atoms with van der Waals surface area (Å²) in [5.41, 5.74) is 3.78. The van der Waals surface area contributed by atoms with Gasteiger partial charge < -0.3 is 5.32 Å². The van der Waals surface area contributed by atoms with Crippen LogP contribution in [0.1, 0.15) is 44.1 Å². The van der Waals surface area contributed by atoms with Crippen molar-refractivity contribution in [3.8, 4) is 11.3 Å². The van der Waals surface area contributed by atoms with E-state index in [1.165, 1.54) is 55.3 Å². The minimum absolute atomic E-state index is 0.702. The van der Waals surface area contributed by atoms with Crippen LogP contribution in [0, 0.1) is 0 Å². The molecule has 112 valence electrons. The average molecular weight is 283 g/mol. The third kappa shape index (κ3) is 3.73. The van der Waals surface area contributed by atoms with Gasteiger partial charge in [0.1, 0.15) is 0 Å². The van der Waals surface area contributed by atoms with Crippen LogP contribution in [0.4, 0.5) is 0 Å². The second-order valence-electron chi connectivity index (χ2n) is 6.11. The van der Waals surface area contributed by atoms with E-state index in [0.717, 1.165) is 6.54 Å². The van der Waals surface area contributed by atoms with E-state index in [1.54, 1.807) is 0 Å². The van der Waals surface area contributed by atoms with Crippen LogP contribution in [0.5, 0.6) is 0 Å². The van der Waals surface area contributed by atoms with E-state index in [0.29, 0.717) is 6.04 Å². The average Bonchev–Trinajstić information content (AvgIpc) is 2.77. The van der Waals surface area contributed by atoms with Gasteiger partial charge in [0.25, 0.3) is 0 Å².